The van der Waals surface area contributed by atoms with E-state index in [1.54, 1.807) is 6.07 Å². The van der Waals surface area contributed by atoms with Crippen molar-refractivity contribution >= 4 is 27.3 Å². The number of hydrogen-bond donors (Lipinski definition) is 0. The van der Waals surface area contributed by atoms with Gasteiger partial charge in [0.25, 0.3) is 5.69 Å². The molecule has 1 saturated carbocycles. The van der Waals surface area contributed by atoms with Crippen molar-refractivity contribution in [3.05, 3.63) is 32.8 Å². The van der Waals surface area contributed by atoms with Gasteiger partial charge in [0.15, 0.2) is 0 Å². The minimum atomic E-state index is -0.320. The number of halogens is 1. The lowest BCUT2D eigenvalue weighted by atomic mass is 9.75. The summed E-state index contributed by atoms with van der Waals surface area (Å²) in [6, 6.07) is 5.22. The predicted molar refractivity (Wildman–Crippen MR) is 84.3 cm³/mol. The Morgan fingerprint density at radius 2 is 2.00 bits per heavy atom. The molecule has 1 aromatic carbocycles. The van der Waals surface area contributed by atoms with Gasteiger partial charge in [-0.05, 0) is 45.5 Å². The molecule has 0 heterocycles. The van der Waals surface area contributed by atoms with Crippen molar-refractivity contribution in [2.75, 3.05) is 32.6 Å². The van der Waals surface area contributed by atoms with E-state index in [4.69, 9.17) is 0 Å². The van der Waals surface area contributed by atoms with Crippen molar-refractivity contribution in [3.8, 4) is 0 Å². The SMILES string of the molecule is CN(CC1(N(C)C)CCC1)c1ccc(Br)cc1[N+](=O)[O-]. The van der Waals surface area contributed by atoms with Gasteiger partial charge in [0, 0.05) is 29.7 Å². The minimum absolute atomic E-state index is 0.148. The average molecular weight is 342 g/mol. The summed E-state index contributed by atoms with van der Waals surface area (Å²) < 4.78 is 0.729. The van der Waals surface area contributed by atoms with Gasteiger partial charge in [0.05, 0.1) is 4.92 Å². The van der Waals surface area contributed by atoms with E-state index in [-0.39, 0.29) is 16.1 Å². The van der Waals surface area contributed by atoms with Gasteiger partial charge in [0.2, 0.25) is 0 Å². The van der Waals surface area contributed by atoms with Crippen LogP contribution in [0.5, 0.6) is 0 Å². The van der Waals surface area contributed by atoms with Crippen LogP contribution in [0.25, 0.3) is 0 Å². The normalized spacial score (nSPS) is 16.9. The summed E-state index contributed by atoms with van der Waals surface area (Å²) in [5.74, 6) is 0. The van der Waals surface area contributed by atoms with Crippen LogP contribution < -0.4 is 4.90 Å². The standard InChI is InChI=1S/C14H20BrN3O2/c1-16(2)14(7-4-8-14)10-17(3)12-6-5-11(15)9-13(12)18(19)20/h5-6,9H,4,7-8,10H2,1-3H3. The third-order valence-corrected chi connectivity index (χ3v) is 4.80. The summed E-state index contributed by atoms with van der Waals surface area (Å²) in [7, 11) is 6.10. The van der Waals surface area contributed by atoms with Crippen molar-refractivity contribution in [3.63, 3.8) is 0 Å². The second kappa shape index (κ2) is 5.69. The van der Waals surface area contributed by atoms with E-state index in [9.17, 15) is 10.1 Å². The highest BCUT2D eigenvalue weighted by molar-refractivity contribution is 9.10. The molecule has 0 bridgehead atoms. The predicted octanol–water partition coefficient (Wildman–Crippen LogP) is 3.28. The van der Waals surface area contributed by atoms with Gasteiger partial charge in [-0.25, -0.2) is 0 Å². The molecule has 110 valence electrons. The molecule has 1 aliphatic carbocycles. The number of likely N-dealkylation sites (N-methyl/N-ethyl adjacent to an activating group) is 2. The van der Waals surface area contributed by atoms with Crippen LogP contribution in [0.15, 0.2) is 22.7 Å². The first-order chi connectivity index (χ1) is 9.35. The Labute approximate surface area is 127 Å². The van der Waals surface area contributed by atoms with E-state index in [1.807, 2.05) is 24.1 Å². The van der Waals surface area contributed by atoms with Crippen LogP contribution >= 0.6 is 15.9 Å². The summed E-state index contributed by atoms with van der Waals surface area (Å²) in [5, 5.41) is 11.2. The van der Waals surface area contributed by atoms with E-state index >= 15 is 0 Å². The van der Waals surface area contributed by atoms with Gasteiger partial charge in [-0.1, -0.05) is 15.9 Å². The smallest absolute Gasteiger partial charge is 0.293 e. The molecule has 0 aliphatic heterocycles. The van der Waals surface area contributed by atoms with Crippen LogP contribution in [-0.2, 0) is 0 Å². The quantitative estimate of drug-likeness (QED) is 0.609. The number of benzene rings is 1. The van der Waals surface area contributed by atoms with Gasteiger partial charge < -0.3 is 9.80 Å². The maximum absolute atomic E-state index is 11.2. The Morgan fingerprint density at radius 3 is 2.45 bits per heavy atom. The molecular formula is C14H20BrN3O2. The third-order valence-electron chi connectivity index (χ3n) is 4.31. The number of anilines is 1. The van der Waals surface area contributed by atoms with Crippen LogP contribution in [0.2, 0.25) is 0 Å². The monoisotopic (exact) mass is 341 g/mol. The Kier molecular flexibility index (Phi) is 4.34. The molecule has 0 N–H and O–H groups in total. The Balaban J connectivity index is 2.25. The zero-order valence-electron chi connectivity index (χ0n) is 12.1. The summed E-state index contributed by atoms with van der Waals surface area (Å²) in [6.07, 6.45) is 3.53. The molecule has 20 heavy (non-hydrogen) atoms. The number of nitro benzene ring substituents is 1. The van der Waals surface area contributed by atoms with Crippen molar-refractivity contribution in [1.29, 1.82) is 0 Å². The van der Waals surface area contributed by atoms with Crippen LogP contribution in [0, 0.1) is 10.1 Å². The Morgan fingerprint density at radius 1 is 1.35 bits per heavy atom. The van der Waals surface area contributed by atoms with Crippen LogP contribution in [0.3, 0.4) is 0 Å². The second-order valence-corrected chi connectivity index (χ2v) is 6.63. The van der Waals surface area contributed by atoms with E-state index in [1.165, 1.54) is 6.42 Å². The van der Waals surface area contributed by atoms with Crippen molar-refractivity contribution in [1.82, 2.24) is 4.90 Å². The molecule has 2 rings (SSSR count). The van der Waals surface area contributed by atoms with Crippen LogP contribution in [-0.4, -0.2) is 43.0 Å². The molecular weight excluding hydrogens is 322 g/mol. The fourth-order valence-corrected chi connectivity index (χ4v) is 3.17. The molecule has 1 aliphatic rings. The maximum atomic E-state index is 11.2. The molecule has 0 unspecified atom stereocenters. The highest BCUT2D eigenvalue weighted by Gasteiger charge is 2.40. The largest absolute Gasteiger partial charge is 0.367 e. The number of nitrogens with zero attached hydrogens (tertiary/aromatic N) is 3. The van der Waals surface area contributed by atoms with E-state index < -0.39 is 0 Å². The lowest BCUT2D eigenvalue weighted by molar-refractivity contribution is -0.384. The first-order valence-electron chi connectivity index (χ1n) is 6.68. The first-order valence-corrected chi connectivity index (χ1v) is 7.47. The Hall–Kier alpha value is -1.14. The first kappa shape index (κ1) is 15.3. The van der Waals surface area contributed by atoms with Crippen LogP contribution in [0.1, 0.15) is 19.3 Å². The molecule has 1 aromatic rings. The van der Waals surface area contributed by atoms with Gasteiger partial charge >= 0.3 is 0 Å². The summed E-state index contributed by atoms with van der Waals surface area (Å²) in [5.41, 5.74) is 0.969. The lowest BCUT2D eigenvalue weighted by Crippen LogP contribution is -2.56. The average Bonchev–Trinajstić information content (AvgIpc) is 2.32. The number of rotatable bonds is 5. The molecule has 0 amide bonds. The highest BCUT2D eigenvalue weighted by Crippen LogP contribution is 2.39. The fourth-order valence-electron chi connectivity index (χ4n) is 2.82. The molecule has 0 atom stereocenters. The Bertz CT molecular complexity index is 515. The molecule has 0 spiro atoms. The molecule has 5 nitrogen and oxygen atoms in total. The van der Waals surface area contributed by atoms with Gasteiger partial charge in [0.1, 0.15) is 5.69 Å². The summed E-state index contributed by atoms with van der Waals surface area (Å²) in [6.45, 7) is 0.808. The van der Waals surface area contributed by atoms with Gasteiger partial charge in [-0.2, -0.15) is 0 Å². The number of nitro groups is 1. The molecule has 0 aromatic heterocycles. The summed E-state index contributed by atoms with van der Waals surface area (Å²) in [4.78, 5) is 15.1. The second-order valence-electron chi connectivity index (χ2n) is 5.72. The highest BCUT2D eigenvalue weighted by atomic mass is 79.9. The zero-order valence-corrected chi connectivity index (χ0v) is 13.7. The minimum Gasteiger partial charge on any atom is -0.367 e. The van der Waals surface area contributed by atoms with E-state index in [0.29, 0.717) is 5.69 Å². The van der Waals surface area contributed by atoms with Crippen molar-refractivity contribution in [2.24, 2.45) is 0 Å². The molecule has 0 saturated heterocycles. The van der Waals surface area contributed by atoms with Crippen molar-refractivity contribution < 1.29 is 4.92 Å². The van der Waals surface area contributed by atoms with Crippen LogP contribution in [0.4, 0.5) is 11.4 Å². The molecule has 0 radical (unpaired) electrons. The summed E-state index contributed by atoms with van der Waals surface area (Å²) >= 11 is 3.29. The zero-order chi connectivity index (χ0) is 14.9. The van der Waals surface area contributed by atoms with Gasteiger partial charge in [-0.15, -0.1) is 0 Å². The fraction of sp³-hybridized carbons (Fsp3) is 0.571. The van der Waals surface area contributed by atoms with E-state index in [2.05, 4.69) is 34.9 Å². The third kappa shape index (κ3) is 2.81. The maximum Gasteiger partial charge on any atom is 0.293 e. The van der Waals surface area contributed by atoms with Crippen molar-refractivity contribution in [2.45, 2.75) is 24.8 Å². The number of hydrogen-bond acceptors (Lipinski definition) is 4. The van der Waals surface area contributed by atoms with Gasteiger partial charge in [-0.3, -0.25) is 10.1 Å². The molecule has 6 heteroatoms. The topological polar surface area (TPSA) is 49.6 Å². The van der Waals surface area contributed by atoms with E-state index in [0.717, 1.165) is 23.9 Å². The lowest BCUT2D eigenvalue weighted by Gasteiger charge is -2.49. The molecule has 1 fully saturated rings.